The van der Waals surface area contributed by atoms with Crippen LogP contribution in [0.5, 0.6) is 5.75 Å². The van der Waals surface area contributed by atoms with E-state index < -0.39 is 0 Å². The maximum Gasteiger partial charge on any atom is 0.228 e. The highest BCUT2D eigenvalue weighted by Crippen LogP contribution is 2.22. The number of guanidine groups is 1. The normalized spacial score (nSPS) is 15.2. The quantitative estimate of drug-likeness (QED) is 0.602. The predicted molar refractivity (Wildman–Crippen MR) is 110 cm³/mol. The smallest absolute Gasteiger partial charge is 0.228 e. The Morgan fingerprint density at radius 3 is 2.71 bits per heavy atom. The summed E-state index contributed by atoms with van der Waals surface area (Å²) in [4.78, 5) is 13.5. The molecular formula is C20H30N6O2. The average molecular weight is 387 g/mol. The molecule has 0 spiro atoms. The van der Waals surface area contributed by atoms with Crippen molar-refractivity contribution < 1.29 is 9.26 Å². The highest BCUT2D eigenvalue weighted by molar-refractivity contribution is 5.80. The van der Waals surface area contributed by atoms with E-state index in [9.17, 15) is 0 Å². The summed E-state index contributed by atoms with van der Waals surface area (Å²) in [6.45, 7) is 8.52. The number of nitrogens with zero attached hydrogens (tertiary/aromatic N) is 5. The van der Waals surface area contributed by atoms with Crippen molar-refractivity contribution in [3.05, 3.63) is 36.0 Å². The van der Waals surface area contributed by atoms with Crippen LogP contribution in [-0.2, 0) is 6.42 Å². The van der Waals surface area contributed by atoms with E-state index in [1.54, 1.807) is 7.11 Å². The summed E-state index contributed by atoms with van der Waals surface area (Å²) >= 11 is 0. The zero-order chi connectivity index (χ0) is 19.9. The molecule has 0 amide bonds. The molecule has 2 aromatic rings. The summed E-state index contributed by atoms with van der Waals surface area (Å²) in [6, 6.07) is 8.21. The molecule has 1 aliphatic heterocycles. The summed E-state index contributed by atoms with van der Waals surface area (Å²) < 4.78 is 10.6. The van der Waals surface area contributed by atoms with Crippen LogP contribution in [0.3, 0.4) is 0 Å². The number of ether oxygens (including phenoxy) is 1. The number of aromatic nitrogens is 2. The number of methoxy groups -OCH3 is 1. The first-order chi connectivity index (χ1) is 13.6. The van der Waals surface area contributed by atoms with Crippen LogP contribution in [0.15, 0.2) is 33.8 Å². The summed E-state index contributed by atoms with van der Waals surface area (Å²) in [5, 5.41) is 7.41. The van der Waals surface area contributed by atoms with Crippen molar-refractivity contribution in [2.24, 2.45) is 4.99 Å². The van der Waals surface area contributed by atoms with Gasteiger partial charge in [-0.1, -0.05) is 25.1 Å². The van der Waals surface area contributed by atoms with E-state index in [1.165, 1.54) is 5.69 Å². The molecule has 0 unspecified atom stereocenters. The van der Waals surface area contributed by atoms with Crippen molar-refractivity contribution in [2.75, 3.05) is 51.8 Å². The Kier molecular flexibility index (Phi) is 6.73. The lowest BCUT2D eigenvalue weighted by Gasteiger charge is -2.37. The summed E-state index contributed by atoms with van der Waals surface area (Å²) in [5.41, 5.74) is 1.19. The largest absolute Gasteiger partial charge is 0.497 e. The number of anilines is 1. The molecule has 0 aliphatic carbocycles. The van der Waals surface area contributed by atoms with E-state index in [0.29, 0.717) is 18.9 Å². The van der Waals surface area contributed by atoms with E-state index in [4.69, 9.17) is 9.26 Å². The molecule has 0 atom stereocenters. The van der Waals surface area contributed by atoms with Crippen molar-refractivity contribution >= 4 is 11.6 Å². The fourth-order valence-electron chi connectivity index (χ4n) is 3.20. The van der Waals surface area contributed by atoms with Crippen molar-refractivity contribution in [3.8, 4) is 5.75 Å². The zero-order valence-electron chi connectivity index (χ0n) is 17.2. The van der Waals surface area contributed by atoms with E-state index >= 15 is 0 Å². The number of rotatable bonds is 6. The second-order valence-electron chi connectivity index (χ2n) is 7.10. The summed E-state index contributed by atoms with van der Waals surface area (Å²) in [7, 11) is 3.52. The molecule has 0 saturated carbocycles. The molecule has 152 valence electrons. The van der Waals surface area contributed by atoms with Crippen LogP contribution < -0.4 is 15.0 Å². The van der Waals surface area contributed by atoms with Gasteiger partial charge in [-0.3, -0.25) is 4.99 Å². The maximum absolute atomic E-state index is 5.33. The van der Waals surface area contributed by atoms with Gasteiger partial charge < -0.3 is 24.4 Å². The first-order valence-corrected chi connectivity index (χ1v) is 9.77. The van der Waals surface area contributed by atoms with Gasteiger partial charge in [-0.25, -0.2) is 0 Å². The molecule has 1 aromatic heterocycles. The Morgan fingerprint density at radius 1 is 1.29 bits per heavy atom. The molecule has 0 bridgehead atoms. The SMILES string of the molecule is CN=C(NCCc1nc(C(C)C)no1)N1CCN(c2cccc(OC)c2)CC1. The van der Waals surface area contributed by atoms with Crippen LogP contribution in [0, 0.1) is 0 Å². The lowest BCUT2D eigenvalue weighted by molar-refractivity contribution is 0.362. The molecule has 1 fully saturated rings. The highest BCUT2D eigenvalue weighted by atomic mass is 16.5. The highest BCUT2D eigenvalue weighted by Gasteiger charge is 2.20. The van der Waals surface area contributed by atoms with Gasteiger partial charge in [0.1, 0.15) is 5.75 Å². The fourth-order valence-corrected chi connectivity index (χ4v) is 3.20. The number of hydrogen-bond acceptors (Lipinski definition) is 6. The van der Waals surface area contributed by atoms with Crippen molar-refractivity contribution in [1.82, 2.24) is 20.4 Å². The van der Waals surface area contributed by atoms with Crippen LogP contribution in [-0.4, -0.2) is 67.9 Å². The minimum absolute atomic E-state index is 0.277. The molecule has 1 aromatic carbocycles. The standard InChI is InChI=1S/C20H30N6O2/c1-15(2)19-23-18(28-24-19)8-9-22-20(21-3)26-12-10-25(11-13-26)16-6-5-7-17(14-16)27-4/h5-7,14-15H,8-13H2,1-4H3,(H,21,22). The first-order valence-electron chi connectivity index (χ1n) is 9.77. The van der Waals surface area contributed by atoms with E-state index in [2.05, 4.69) is 56.2 Å². The van der Waals surface area contributed by atoms with Gasteiger partial charge in [-0.2, -0.15) is 4.98 Å². The first kappa shape index (κ1) is 20.0. The van der Waals surface area contributed by atoms with E-state index in [0.717, 1.165) is 43.7 Å². The van der Waals surface area contributed by atoms with Crippen molar-refractivity contribution in [2.45, 2.75) is 26.2 Å². The fraction of sp³-hybridized carbons (Fsp3) is 0.550. The molecule has 1 N–H and O–H groups in total. The zero-order valence-corrected chi connectivity index (χ0v) is 17.2. The van der Waals surface area contributed by atoms with Gasteiger partial charge in [0, 0.05) is 63.9 Å². The second-order valence-corrected chi connectivity index (χ2v) is 7.10. The van der Waals surface area contributed by atoms with Gasteiger partial charge >= 0.3 is 0 Å². The van der Waals surface area contributed by atoms with Crippen LogP contribution in [0.2, 0.25) is 0 Å². The van der Waals surface area contributed by atoms with Gasteiger partial charge in [0.25, 0.3) is 0 Å². The van der Waals surface area contributed by atoms with Crippen LogP contribution in [0.25, 0.3) is 0 Å². The van der Waals surface area contributed by atoms with Crippen molar-refractivity contribution in [3.63, 3.8) is 0 Å². The lowest BCUT2D eigenvalue weighted by atomic mass is 10.2. The van der Waals surface area contributed by atoms with Gasteiger partial charge in [0.2, 0.25) is 5.89 Å². The Bertz CT molecular complexity index is 781. The molecule has 8 nitrogen and oxygen atoms in total. The third-order valence-corrected chi connectivity index (χ3v) is 4.83. The number of nitrogens with one attached hydrogen (secondary N) is 1. The van der Waals surface area contributed by atoms with E-state index in [-0.39, 0.29) is 5.92 Å². The molecular weight excluding hydrogens is 356 g/mol. The molecule has 1 aliphatic rings. The molecule has 28 heavy (non-hydrogen) atoms. The lowest BCUT2D eigenvalue weighted by Crippen LogP contribution is -2.52. The minimum Gasteiger partial charge on any atom is -0.497 e. The Hall–Kier alpha value is -2.77. The Balaban J connectivity index is 1.48. The van der Waals surface area contributed by atoms with Crippen LogP contribution >= 0.6 is 0 Å². The Morgan fingerprint density at radius 2 is 2.07 bits per heavy atom. The van der Waals surface area contributed by atoms with Crippen LogP contribution in [0.4, 0.5) is 5.69 Å². The predicted octanol–water partition coefficient (Wildman–Crippen LogP) is 2.14. The van der Waals surface area contributed by atoms with Gasteiger partial charge in [0.15, 0.2) is 11.8 Å². The second kappa shape index (κ2) is 9.43. The maximum atomic E-state index is 5.33. The number of hydrogen-bond donors (Lipinski definition) is 1. The van der Waals surface area contributed by atoms with E-state index in [1.807, 2.05) is 19.2 Å². The number of aliphatic imine (C=N–C) groups is 1. The third kappa shape index (κ3) is 4.94. The minimum atomic E-state index is 0.277. The van der Waals surface area contributed by atoms with Gasteiger partial charge in [-0.05, 0) is 12.1 Å². The Labute approximate surface area is 166 Å². The monoisotopic (exact) mass is 386 g/mol. The van der Waals surface area contributed by atoms with Crippen molar-refractivity contribution in [1.29, 1.82) is 0 Å². The average Bonchev–Trinajstić information content (AvgIpc) is 3.21. The summed E-state index contributed by atoms with van der Waals surface area (Å²) in [5.74, 6) is 3.49. The molecule has 2 heterocycles. The molecule has 0 radical (unpaired) electrons. The summed E-state index contributed by atoms with van der Waals surface area (Å²) in [6.07, 6.45) is 0.683. The van der Waals surface area contributed by atoms with Crippen LogP contribution in [0.1, 0.15) is 31.5 Å². The topological polar surface area (TPSA) is 79.0 Å². The molecule has 1 saturated heterocycles. The molecule has 3 rings (SSSR count). The van der Waals surface area contributed by atoms with Gasteiger partial charge in [0.05, 0.1) is 7.11 Å². The number of benzene rings is 1. The third-order valence-electron chi connectivity index (χ3n) is 4.83. The number of piperazine rings is 1. The molecule has 8 heteroatoms. The van der Waals surface area contributed by atoms with Gasteiger partial charge in [-0.15, -0.1) is 0 Å².